The molecule has 0 atom stereocenters. The van der Waals surface area contributed by atoms with E-state index < -0.39 is 0 Å². The summed E-state index contributed by atoms with van der Waals surface area (Å²) in [4.78, 5) is 12.3. The van der Waals surface area contributed by atoms with Gasteiger partial charge in [-0.1, -0.05) is 25.5 Å². The predicted molar refractivity (Wildman–Crippen MR) is 113 cm³/mol. The number of carbonyl (C=O) groups excluding carboxylic acids is 1. The molecule has 1 heterocycles. The summed E-state index contributed by atoms with van der Waals surface area (Å²) in [5, 5.41) is 4.61. The average Bonchev–Trinajstić information content (AvgIpc) is 3.09. The number of allylic oxidation sites excluding steroid dienone is 3. The van der Waals surface area contributed by atoms with Crippen LogP contribution in [0, 0.1) is 6.92 Å². The first-order valence-corrected chi connectivity index (χ1v) is 9.64. The highest BCUT2D eigenvalue weighted by Crippen LogP contribution is 2.29. The Morgan fingerprint density at radius 1 is 1.07 bits per heavy atom. The average molecular weight is 383 g/mol. The molecule has 0 amide bonds. The van der Waals surface area contributed by atoms with E-state index in [4.69, 9.17) is 9.47 Å². The number of hydrogen-bond acceptors (Lipinski definition) is 4. The Bertz CT molecular complexity index is 869. The van der Waals surface area contributed by atoms with Crippen molar-refractivity contribution in [3.05, 3.63) is 58.9 Å². The number of hydrogen-bond donors (Lipinski definition) is 0. The lowest BCUT2D eigenvalue weighted by molar-refractivity contribution is 0.0976. The van der Waals surface area contributed by atoms with Crippen LogP contribution in [0.3, 0.4) is 0 Å². The van der Waals surface area contributed by atoms with Crippen LogP contribution in [-0.4, -0.2) is 29.8 Å². The van der Waals surface area contributed by atoms with Gasteiger partial charge in [0, 0.05) is 23.7 Å². The number of rotatable bonds is 9. The molecule has 0 saturated carbocycles. The Hall–Kier alpha value is -2.82. The lowest BCUT2D eigenvalue weighted by Gasteiger charge is -2.13. The Labute approximate surface area is 167 Å². The van der Waals surface area contributed by atoms with Gasteiger partial charge < -0.3 is 9.47 Å². The molecule has 2 rings (SSSR count). The van der Waals surface area contributed by atoms with Crippen LogP contribution >= 0.6 is 0 Å². The zero-order chi connectivity index (χ0) is 20.7. The first-order valence-electron chi connectivity index (χ1n) is 9.64. The van der Waals surface area contributed by atoms with Gasteiger partial charge in [-0.3, -0.25) is 4.79 Å². The predicted octanol–water partition coefficient (Wildman–Crippen LogP) is 5.44. The van der Waals surface area contributed by atoms with Gasteiger partial charge in [0.2, 0.25) is 0 Å². The SMILES string of the molecule is CCCC(=O)c1cc(C)n(/C(=C\C=C(C)CC)c2cc(OC)cc(OC)c2)n1. The minimum atomic E-state index is 0.0622. The first kappa shape index (κ1) is 21.5. The minimum absolute atomic E-state index is 0.0622. The fourth-order valence-electron chi connectivity index (χ4n) is 2.79. The van der Waals surface area contributed by atoms with E-state index in [-0.39, 0.29) is 5.78 Å². The van der Waals surface area contributed by atoms with E-state index in [2.05, 4.69) is 25.0 Å². The van der Waals surface area contributed by atoms with Gasteiger partial charge in [-0.25, -0.2) is 4.68 Å². The van der Waals surface area contributed by atoms with Crippen molar-refractivity contribution in [1.82, 2.24) is 9.78 Å². The summed E-state index contributed by atoms with van der Waals surface area (Å²) in [7, 11) is 3.26. The third-order valence-electron chi connectivity index (χ3n) is 4.61. The molecule has 2 aromatic rings. The largest absolute Gasteiger partial charge is 0.497 e. The number of nitrogens with zero attached hydrogens (tertiary/aromatic N) is 2. The van der Waals surface area contributed by atoms with Gasteiger partial charge in [0.15, 0.2) is 5.78 Å². The van der Waals surface area contributed by atoms with E-state index in [1.54, 1.807) is 14.2 Å². The molecule has 0 spiro atoms. The number of aryl methyl sites for hydroxylation is 1. The summed E-state index contributed by atoms with van der Waals surface area (Å²) in [6.45, 7) is 8.16. The van der Waals surface area contributed by atoms with Gasteiger partial charge in [-0.15, -0.1) is 0 Å². The number of ketones is 1. The smallest absolute Gasteiger partial charge is 0.183 e. The van der Waals surface area contributed by atoms with Gasteiger partial charge in [-0.05, 0) is 51.0 Å². The summed E-state index contributed by atoms with van der Waals surface area (Å²) in [5.41, 5.74) is 4.40. The van der Waals surface area contributed by atoms with Crippen LogP contribution < -0.4 is 9.47 Å². The Morgan fingerprint density at radius 3 is 2.25 bits per heavy atom. The number of ether oxygens (including phenoxy) is 2. The van der Waals surface area contributed by atoms with E-state index in [1.165, 1.54) is 5.57 Å². The van der Waals surface area contributed by atoms with E-state index in [0.29, 0.717) is 23.6 Å². The molecule has 1 aromatic carbocycles. The van der Waals surface area contributed by atoms with Crippen molar-refractivity contribution in [3.8, 4) is 11.5 Å². The fourth-order valence-corrected chi connectivity index (χ4v) is 2.79. The Morgan fingerprint density at radius 2 is 1.71 bits per heavy atom. The Kier molecular flexibility index (Phi) is 7.61. The zero-order valence-corrected chi connectivity index (χ0v) is 17.7. The highest BCUT2D eigenvalue weighted by atomic mass is 16.5. The van der Waals surface area contributed by atoms with Gasteiger partial charge in [0.05, 0.1) is 19.9 Å². The van der Waals surface area contributed by atoms with Gasteiger partial charge >= 0.3 is 0 Å². The van der Waals surface area contributed by atoms with Gasteiger partial charge in [-0.2, -0.15) is 5.10 Å². The monoisotopic (exact) mass is 382 g/mol. The van der Waals surface area contributed by atoms with Crippen molar-refractivity contribution < 1.29 is 14.3 Å². The fraction of sp³-hybridized carbons (Fsp3) is 0.391. The number of Topliss-reactive ketones (excluding diaryl/α,β-unsaturated/α-hetero) is 1. The highest BCUT2D eigenvalue weighted by Gasteiger charge is 2.16. The third-order valence-corrected chi connectivity index (χ3v) is 4.61. The number of methoxy groups -OCH3 is 2. The molecule has 0 saturated heterocycles. The molecule has 0 aliphatic heterocycles. The molecule has 0 N–H and O–H groups in total. The molecular weight excluding hydrogens is 352 g/mol. The highest BCUT2D eigenvalue weighted by molar-refractivity contribution is 5.94. The van der Waals surface area contributed by atoms with Crippen molar-refractivity contribution in [3.63, 3.8) is 0 Å². The van der Waals surface area contributed by atoms with E-state index in [9.17, 15) is 4.79 Å². The molecular formula is C23H30N2O3. The van der Waals surface area contributed by atoms with E-state index >= 15 is 0 Å². The van der Waals surface area contributed by atoms with Crippen LogP contribution in [0.2, 0.25) is 0 Å². The van der Waals surface area contributed by atoms with Crippen molar-refractivity contribution in [1.29, 1.82) is 0 Å². The number of carbonyl (C=O) groups is 1. The van der Waals surface area contributed by atoms with Gasteiger partial charge in [0.1, 0.15) is 17.2 Å². The van der Waals surface area contributed by atoms with Crippen LogP contribution in [0.5, 0.6) is 11.5 Å². The maximum Gasteiger partial charge on any atom is 0.183 e. The van der Waals surface area contributed by atoms with Crippen LogP contribution in [0.4, 0.5) is 0 Å². The molecule has 0 radical (unpaired) electrons. The standard InChI is InChI=1S/C23H30N2O3/c1-7-9-23(26)21-12-17(4)25(24-21)22(11-10-16(3)8-2)18-13-19(27-5)15-20(14-18)28-6/h10-15H,7-9H2,1-6H3/b16-10?,22-11-. The molecule has 0 aliphatic carbocycles. The zero-order valence-electron chi connectivity index (χ0n) is 17.7. The van der Waals surface area contributed by atoms with Crippen molar-refractivity contribution >= 4 is 11.5 Å². The molecule has 0 fully saturated rings. The number of benzene rings is 1. The summed E-state index contributed by atoms with van der Waals surface area (Å²) in [5.74, 6) is 1.46. The molecule has 5 nitrogen and oxygen atoms in total. The summed E-state index contributed by atoms with van der Waals surface area (Å²) >= 11 is 0. The second-order valence-corrected chi connectivity index (χ2v) is 6.78. The molecule has 0 aliphatic rings. The van der Waals surface area contributed by atoms with Gasteiger partial charge in [0.25, 0.3) is 0 Å². The third kappa shape index (κ3) is 5.12. The minimum Gasteiger partial charge on any atom is -0.497 e. The maximum atomic E-state index is 12.3. The molecule has 1 aromatic heterocycles. The number of aromatic nitrogens is 2. The normalized spacial score (nSPS) is 12.2. The second-order valence-electron chi connectivity index (χ2n) is 6.78. The maximum absolute atomic E-state index is 12.3. The van der Waals surface area contributed by atoms with Crippen LogP contribution in [0.1, 0.15) is 61.8 Å². The van der Waals surface area contributed by atoms with Crippen LogP contribution in [0.25, 0.3) is 5.70 Å². The lowest BCUT2D eigenvalue weighted by Crippen LogP contribution is -2.06. The molecule has 0 bridgehead atoms. The Balaban J connectivity index is 2.64. The molecule has 28 heavy (non-hydrogen) atoms. The molecule has 5 heteroatoms. The second kappa shape index (κ2) is 9.93. The molecule has 150 valence electrons. The van der Waals surface area contributed by atoms with Crippen molar-refractivity contribution in [2.45, 2.75) is 47.0 Å². The lowest BCUT2D eigenvalue weighted by atomic mass is 10.1. The van der Waals surface area contributed by atoms with Crippen molar-refractivity contribution in [2.24, 2.45) is 0 Å². The summed E-state index contributed by atoms with van der Waals surface area (Å²) in [6.07, 6.45) is 6.37. The van der Waals surface area contributed by atoms with Crippen LogP contribution in [-0.2, 0) is 0 Å². The van der Waals surface area contributed by atoms with E-state index in [1.807, 2.05) is 48.9 Å². The van der Waals surface area contributed by atoms with Crippen molar-refractivity contribution in [2.75, 3.05) is 14.2 Å². The van der Waals surface area contributed by atoms with E-state index in [0.717, 1.165) is 29.8 Å². The molecule has 0 unspecified atom stereocenters. The summed E-state index contributed by atoms with van der Waals surface area (Å²) < 4.78 is 12.7. The summed E-state index contributed by atoms with van der Waals surface area (Å²) in [6, 6.07) is 7.57. The first-order chi connectivity index (χ1) is 13.4. The topological polar surface area (TPSA) is 53.4 Å². The quantitative estimate of drug-likeness (QED) is 0.428. The van der Waals surface area contributed by atoms with Crippen LogP contribution in [0.15, 0.2) is 42.0 Å².